The maximum Gasteiger partial charge on any atom is 0.407 e. The molecular formula is C39H53N5O7. The molecule has 0 fully saturated rings. The normalized spacial score (nSPS) is 14.3. The Balaban J connectivity index is 1.99. The Hall–Kier alpha value is -4.78. The van der Waals surface area contributed by atoms with Crippen molar-refractivity contribution in [1.82, 2.24) is 21.1 Å². The van der Waals surface area contributed by atoms with E-state index in [1.807, 2.05) is 60.7 Å². The predicted octanol–water partition coefficient (Wildman–Crippen LogP) is 4.97. The molecule has 0 aliphatic carbocycles. The number of nitrogens with one attached hydrogen (secondary N) is 3. The van der Waals surface area contributed by atoms with Gasteiger partial charge in [0.15, 0.2) is 5.78 Å². The van der Waals surface area contributed by atoms with Crippen LogP contribution >= 0.6 is 0 Å². The number of hydrazine groups is 1. The standard InChI is InChI=1S/C39H53N5O7/c1-7-50-38(48)41-34(25(3)4)36(46)32(33(40)30-17-13-10-14-18-30)31(45)24-44(43-37(47)35(26(5)6)42-39(49)51-8-2)23-27-19-21-29(22-20-27)28-15-11-9-12-16-28/h9-22,25-26,31-35,45H,7-8,23-24,40H2,1-6H3,(H,41,48)(H,42,49)(H,43,47)/t31-,32?,33?,34-,35-/m0/s1. The van der Waals surface area contributed by atoms with E-state index in [-0.39, 0.29) is 38.1 Å². The second kappa shape index (κ2) is 20.2. The molecule has 3 rings (SSSR count). The molecule has 0 bridgehead atoms. The van der Waals surface area contributed by atoms with Crippen LogP contribution in [-0.2, 0) is 25.6 Å². The third kappa shape index (κ3) is 12.2. The lowest BCUT2D eigenvalue weighted by molar-refractivity contribution is -0.133. The van der Waals surface area contributed by atoms with Gasteiger partial charge in [-0.2, -0.15) is 0 Å². The van der Waals surface area contributed by atoms with Crippen LogP contribution in [0.3, 0.4) is 0 Å². The number of alkyl carbamates (subject to hydrolysis) is 2. The highest BCUT2D eigenvalue weighted by Crippen LogP contribution is 2.28. The first-order valence-corrected chi connectivity index (χ1v) is 17.4. The average molecular weight is 704 g/mol. The Bertz CT molecular complexity index is 1540. The van der Waals surface area contributed by atoms with Crippen LogP contribution in [0.2, 0.25) is 0 Å². The van der Waals surface area contributed by atoms with Crippen molar-refractivity contribution < 1.29 is 33.8 Å². The van der Waals surface area contributed by atoms with Crippen LogP contribution in [0, 0.1) is 17.8 Å². The molecule has 0 heterocycles. The molecule has 0 aliphatic rings. The minimum Gasteiger partial charge on any atom is -0.450 e. The number of Topliss-reactive ketones (excluding diaryl/α,β-unsaturated/α-hetero) is 1. The molecule has 5 atom stereocenters. The molecule has 0 radical (unpaired) electrons. The molecule has 0 aromatic heterocycles. The number of nitrogens with zero attached hydrogens (tertiary/aromatic N) is 1. The van der Waals surface area contributed by atoms with Gasteiger partial charge in [0.25, 0.3) is 5.91 Å². The number of benzene rings is 3. The van der Waals surface area contributed by atoms with Crippen molar-refractivity contribution in [3.05, 3.63) is 96.1 Å². The summed E-state index contributed by atoms with van der Waals surface area (Å²) in [5, 5.41) is 18.7. The maximum absolute atomic E-state index is 14.3. The molecule has 0 saturated heterocycles. The lowest BCUT2D eigenvalue weighted by atomic mass is 9.80. The number of ketones is 1. The summed E-state index contributed by atoms with van der Waals surface area (Å²) < 4.78 is 10.1. The number of aliphatic hydroxyl groups excluding tert-OH is 1. The van der Waals surface area contributed by atoms with E-state index >= 15 is 0 Å². The molecular weight excluding hydrogens is 650 g/mol. The number of rotatable bonds is 18. The van der Waals surface area contributed by atoms with Gasteiger partial charge in [0.2, 0.25) is 0 Å². The van der Waals surface area contributed by atoms with Gasteiger partial charge in [-0.25, -0.2) is 14.6 Å². The second-order valence-corrected chi connectivity index (χ2v) is 13.0. The van der Waals surface area contributed by atoms with E-state index < -0.39 is 54.0 Å². The Morgan fingerprint density at radius 1 is 0.725 bits per heavy atom. The fourth-order valence-electron chi connectivity index (χ4n) is 5.76. The van der Waals surface area contributed by atoms with Gasteiger partial charge in [-0.15, -0.1) is 0 Å². The summed E-state index contributed by atoms with van der Waals surface area (Å²) in [6, 6.07) is 23.6. The van der Waals surface area contributed by atoms with E-state index in [9.17, 15) is 24.3 Å². The largest absolute Gasteiger partial charge is 0.450 e. The van der Waals surface area contributed by atoms with Gasteiger partial charge >= 0.3 is 12.2 Å². The maximum atomic E-state index is 14.3. The van der Waals surface area contributed by atoms with Crippen LogP contribution in [0.15, 0.2) is 84.9 Å². The molecule has 276 valence electrons. The van der Waals surface area contributed by atoms with Crippen molar-refractivity contribution in [2.45, 2.75) is 72.3 Å². The van der Waals surface area contributed by atoms with Gasteiger partial charge in [0.1, 0.15) is 6.04 Å². The highest BCUT2D eigenvalue weighted by atomic mass is 16.6. The zero-order valence-corrected chi connectivity index (χ0v) is 30.4. The molecule has 6 N–H and O–H groups in total. The second-order valence-electron chi connectivity index (χ2n) is 13.0. The minimum atomic E-state index is -1.42. The van der Waals surface area contributed by atoms with Gasteiger partial charge in [0, 0.05) is 19.1 Å². The molecule has 3 aromatic rings. The summed E-state index contributed by atoms with van der Waals surface area (Å²) in [6.45, 7) is 10.6. The van der Waals surface area contributed by atoms with Crippen molar-refractivity contribution >= 4 is 23.9 Å². The first kappa shape index (κ1) is 40.6. The quantitative estimate of drug-likeness (QED) is 0.115. The topological polar surface area (TPSA) is 172 Å². The number of carbonyl (C=O) groups is 4. The van der Waals surface area contributed by atoms with E-state index in [0.29, 0.717) is 5.56 Å². The number of carbonyl (C=O) groups excluding carboxylic acids is 4. The monoisotopic (exact) mass is 703 g/mol. The molecule has 2 unspecified atom stereocenters. The van der Waals surface area contributed by atoms with Gasteiger partial charge in [0.05, 0.1) is 31.3 Å². The Morgan fingerprint density at radius 2 is 1.22 bits per heavy atom. The van der Waals surface area contributed by atoms with Crippen molar-refractivity contribution in [3.63, 3.8) is 0 Å². The van der Waals surface area contributed by atoms with Gasteiger partial charge in [-0.1, -0.05) is 113 Å². The number of ether oxygens (including phenoxy) is 2. The highest BCUT2D eigenvalue weighted by Gasteiger charge is 2.40. The van der Waals surface area contributed by atoms with Crippen LogP contribution in [0.25, 0.3) is 11.1 Å². The SMILES string of the molecule is CCOC(=O)N[C@H](C(=O)NN(Cc1ccc(-c2ccccc2)cc1)C[C@H](O)C(C(=O)[C@@H](NC(=O)OCC)C(C)C)C(N)c1ccccc1)C(C)C. The number of hydrogen-bond donors (Lipinski definition) is 5. The van der Waals surface area contributed by atoms with Crippen molar-refractivity contribution in [2.24, 2.45) is 23.5 Å². The summed E-state index contributed by atoms with van der Waals surface area (Å²) in [6.07, 6.45) is -2.91. The molecule has 0 saturated carbocycles. The third-order valence-corrected chi connectivity index (χ3v) is 8.44. The van der Waals surface area contributed by atoms with Crippen molar-refractivity contribution in [3.8, 4) is 11.1 Å². The van der Waals surface area contributed by atoms with E-state index in [2.05, 4.69) is 16.1 Å². The summed E-state index contributed by atoms with van der Waals surface area (Å²) in [7, 11) is 0. The van der Waals surface area contributed by atoms with E-state index in [1.165, 1.54) is 5.01 Å². The zero-order valence-electron chi connectivity index (χ0n) is 30.4. The van der Waals surface area contributed by atoms with Crippen LogP contribution in [0.4, 0.5) is 9.59 Å². The van der Waals surface area contributed by atoms with Gasteiger partial charge in [-0.05, 0) is 47.9 Å². The molecule has 51 heavy (non-hydrogen) atoms. The van der Waals surface area contributed by atoms with E-state index in [1.54, 1.807) is 65.8 Å². The number of hydrogen-bond acceptors (Lipinski definition) is 9. The number of aliphatic hydroxyl groups is 1. The fourth-order valence-corrected chi connectivity index (χ4v) is 5.76. The summed E-state index contributed by atoms with van der Waals surface area (Å²) >= 11 is 0. The minimum absolute atomic E-state index is 0.115. The first-order chi connectivity index (χ1) is 24.4. The van der Waals surface area contributed by atoms with Gasteiger partial charge < -0.3 is 30.9 Å². The molecule has 12 heteroatoms. The number of amides is 3. The highest BCUT2D eigenvalue weighted by molar-refractivity contribution is 5.90. The zero-order chi connectivity index (χ0) is 37.5. The van der Waals surface area contributed by atoms with Crippen LogP contribution in [-0.4, -0.2) is 71.9 Å². The van der Waals surface area contributed by atoms with Crippen molar-refractivity contribution in [2.75, 3.05) is 19.8 Å². The summed E-state index contributed by atoms with van der Waals surface area (Å²) in [5.74, 6) is -2.90. The van der Waals surface area contributed by atoms with Crippen LogP contribution < -0.4 is 21.8 Å². The Morgan fingerprint density at radius 3 is 1.73 bits per heavy atom. The average Bonchev–Trinajstić information content (AvgIpc) is 3.10. The van der Waals surface area contributed by atoms with E-state index in [0.717, 1.165) is 16.7 Å². The van der Waals surface area contributed by atoms with E-state index in [4.69, 9.17) is 15.2 Å². The molecule has 0 aliphatic heterocycles. The molecule has 3 amide bonds. The lowest BCUT2D eigenvalue weighted by Crippen LogP contribution is -2.57. The Kier molecular flexibility index (Phi) is 16.1. The van der Waals surface area contributed by atoms with Crippen molar-refractivity contribution in [1.29, 1.82) is 0 Å². The van der Waals surface area contributed by atoms with Crippen LogP contribution in [0.1, 0.15) is 58.7 Å². The smallest absolute Gasteiger partial charge is 0.407 e. The predicted molar refractivity (Wildman–Crippen MR) is 196 cm³/mol. The summed E-state index contributed by atoms with van der Waals surface area (Å²) in [5.41, 5.74) is 13.1. The number of nitrogens with two attached hydrogens (primary N) is 1. The van der Waals surface area contributed by atoms with Gasteiger partial charge in [-0.3, -0.25) is 15.0 Å². The molecule has 0 spiro atoms. The molecule has 12 nitrogen and oxygen atoms in total. The fraction of sp³-hybridized carbons (Fsp3) is 0.436. The lowest BCUT2D eigenvalue weighted by Gasteiger charge is -2.35. The third-order valence-electron chi connectivity index (χ3n) is 8.44. The first-order valence-electron chi connectivity index (χ1n) is 17.4. The summed E-state index contributed by atoms with van der Waals surface area (Å²) in [4.78, 5) is 52.8. The van der Waals surface area contributed by atoms with Crippen LogP contribution in [0.5, 0.6) is 0 Å². The Labute approximate surface area is 301 Å². The molecule has 3 aromatic carbocycles.